The van der Waals surface area contributed by atoms with Gasteiger partial charge in [-0.1, -0.05) is 43.0 Å². The molecule has 1 aromatic carbocycles. The average molecular weight is 282 g/mol. The van der Waals surface area contributed by atoms with Gasteiger partial charge < -0.3 is 10.1 Å². The van der Waals surface area contributed by atoms with Crippen molar-refractivity contribution in [3.05, 3.63) is 34.3 Å². The van der Waals surface area contributed by atoms with Crippen molar-refractivity contribution in [2.75, 3.05) is 13.2 Å². The van der Waals surface area contributed by atoms with E-state index in [0.717, 1.165) is 30.3 Å². The Morgan fingerprint density at radius 1 is 1.26 bits per heavy atom. The van der Waals surface area contributed by atoms with E-state index in [1.165, 1.54) is 37.7 Å². The van der Waals surface area contributed by atoms with Gasteiger partial charge in [-0.05, 0) is 37.0 Å². The lowest BCUT2D eigenvalue weighted by atomic mass is 9.98. The van der Waals surface area contributed by atoms with Gasteiger partial charge in [-0.25, -0.2) is 0 Å². The molecule has 1 saturated carbocycles. The maximum absolute atomic E-state index is 6.19. The lowest BCUT2D eigenvalue weighted by Gasteiger charge is -2.22. The van der Waals surface area contributed by atoms with E-state index >= 15 is 0 Å². The van der Waals surface area contributed by atoms with Crippen LogP contribution in [-0.2, 0) is 11.3 Å². The largest absolute Gasteiger partial charge is 0.377 e. The van der Waals surface area contributed by atoms with Crippen LogP contribution >= 0.6 is 11.6 Å². The third kappa shape index (κ3) is 5.13. The van der Waals surface area contributed by atoms with Gasteiger partial charge in [0.05, 0.1) is 12.7 Å². The van der Waals surface area contributed by atoms with Crippen LogP contribution in [0.15, 0.2) is 18.2 Å². The summed E-state index contributed by atoms with van der Waals surface area (Å²) in [6.45, 7) is 4.56. The maximum Gasteiger partial charge on any atom is 0.0594 e. The summed E-state index contributed by atoms with van der Waals surface area (Å²) in [5, 5.41) is 4.24. The number of ether oxygens (including phenoxy) is 1. The smallest absolute Gasteiger partial charge is 0.0594 e. The Hall–Kier alpha value is -0.570. The van der Waals surface area contributed by atoms with Crippen LogP contribution in [0.5, 0.6) is 0 Å². The van der Waals surface area contributed by atoms with E-state index in [9.17, 15) is 0 Å². The second-order valence-corrected chi connectivity index (χ2v) is 5.81. The summed E-state index contributed by atoms with van der Waals surface area (Å²) in [4.78, 5) is 0. The summed E-state index contributed by atoms with van der Waals surface area (Å²) in [6, 6.07) is 6.20. The summed E-state index contributed by atoms with van der Waals surface area (Å²) in [5.74, 6) is 0. The van der Waals surface area contributed by atoms with E-state index < -0.39 is 0 Å². The van der Waals surface area contributed by atoms with Crippen molar-refractivity contribution in [3.63, 3.8) is 0 Å². The molecule has 0 bridgehead atoms. The molecule has 0 heterocycles. The fourth-order valence-electron chi connectivity index (χ4n) is 2.55. The summed E-state index contributed by atoms with van der Waals surface area (Å²) in [7, 11) is 0. The minimum absolute atomic E-state index is 0.499. The fourth-order valence-corrected chi connectivity index (χ4v) is 2.85. The SMILES string of the molecule is Cc1ccc(CNCCOC2CCCCC2)c(Cl)c1. The minimum atomic E-state index is 0.499. The van der Waals surface area contributed by atoms with Gasteiger partial charge in [-0.2, -0.15) is 0 Å². The molecule has 0 spiro atoms. The zero-order valence-electron chi connectivity index (χ0n) is 11.8. The number of rotatable bonds is 6. The fraction of sp³-hybridized carbons (Fsp3) is 0.625. The van der Waals surface area contributed by atoms with E-state index in [1.54, 1.807) is 0 Å². The van der Waals surface area contributed by atoms with E-state index in [1.807, 2.05) is 6.07 Å². The predicted molar refractivity (Wildman–Crippen MR) is 80.7 cm³/mol. The van der Waals surface area contributed by atoms with Crippen molar-refractivity contribution in [2.45, 2.75) is 51.7 Å². The standard InChI is InChI=1S/C16H24ClNO/c1-13-7-8-14(16(17)11-13)12-18-9-10-19-15-5-3-2-4-6-15/h7-8,11,15,18H,2-6,9-10,12H2,1H3. The Labute approximate surface area is 121 Å². The first-order chi connectivity index (χ1) is 9.25. The van der Waals surface area contributed by atoms with Gasteiger partial charge in [0.15, 0.2) is 0 Å². The lowest BCUT2D eigenvalue weighted by molar-refractivity contribution is 0.0302. The van der Waals surface area contributed by atoms with Crippen LogP contribution in [0.1, 0.15) is 43.2 Å². The molecule has 106 valence electrons. The Bertz CT molecular complexity index is 388. The molecular weight excluding hydrogens is 258 g/mol. The van der Waals surface area contributed by atoms with Gasteiger partial charge in [0.2, 0.25) is 0 Å². The summed E-state index contributed by atoms with van der Waals surface area (Å²) in [5.41, 5.74) is 2.36. The molecule has 0 radical (unpaired) electrons. The third-order valence-electron chi connectivity index (χ3n) is 3.71. The van der Waals surface area contributed by atoms with Crippen molar-refractivity contribution < 1.29 is 4.74 Å². The van der Waals surface area contributed by atoms with E-state index in [4.69, 9.17) is 16.3 Å². The molecule has 0 aliphatic heterocycles. The number of aryl methyl sites for hydroxylation is 1. The van der Waals surface area contributed by atoms with Crippen LogP contribution in [0.2, 0.25) is 5.02 Å². The van der Waals surface area contributed by atoms with Gasteiger partial charge in [0.25, 0.3) is 0 Å². The highest BCUT2D eigenvalue weighted by Crippen LogP contribution is 2.20. The van der Waals surface area contributed by atoms with Gasteiger partial charge in [-0.15, -0.1) is 0 Å². The van der Waals surface area contributed by atoms with E-state index in [-0.39, 0.29) is 0 Å². The quantitative estimate of drug-likeness (QED) is 0.793. The van der Waals surface area contributed by atoms with Crippen LogP contribution in [0.25, 0.3) is 0 Å². The van der Waals surface area contributed by atoms with Gasteiger partial charge in [0, 0.05) is 18.1 Å². The van der Waals surface area contributed by atoms with Crippen LogP contribution in [-0.4, -0.2) is 19.3 Å². The highest BCUT2D eigenvalue weighted by Gasteiger charge is 2.12. The molecule has 2 rings (SSSR count). The topological polar surface area (TPSA) is 21.3 Å². The van der Waals surface area contributed by atoms with E-state index in [2.05, 4.69) is 24.4 Å². The molecule has 0 atom stereocenters. The van der Waals surface area contributed by atoms with Crippen molar-refractivity contribution in [3.8, 4) is 0 Å². The maximum atomic E-state index is 6.19. The van der Waals surface area contributed by atoms with Gasteiger partial charge in [-0.3, -0.25) is 0 Å². The molecule has 0 aromatic heterocycles. The first kappa shape index (κ1) is 14.8. The molecule has 1 aliphatic carbocycles. The van der Waals surface area contributed by atoms with E-state index in [0.29, 0.717) is 6.10 Å². The first-order valence-electron chi connectivity index (χ1n) is 7.33. The molecule has 3 heteroatoms. The molecular formula is C16H24ClNO. The van der Waals surface area contributed by atoms with Crippen molar-refractivity contribution in [1.29, 1.82) is 0 Å². The molecule has 0 unspecified atom stereocenters. The van der Waals surface area contributed by atoms with Crippen LogP contribution < -0.4 is 5.32 Å². The number of benzene rings is 1. The molecule has 1 N–H and O–H groups in total. The van der Waals surface area contributed by atoms with Gasteiger partial charge >= 0.3 is 0 Å². The third-order valence-corrected chi connectivity index (χ3v) is 4.06. The predicted octanol–water partition coefficient (Wildman–Crippen LogP) is 4.09. The summed E-state index contributed by atoms with van der Waals surface area (Å²) in [6.07, 6.45) is 7.02. The highest BCUT2D eigenvalue weighted by molar-refractivity contribution is 6.31. The zero-order valence-corrected chi connectivity index (χ0v) is 12.5. The summed E-state index contributed by atoms with van der Waals surface area (Å²) < 4.78 is 5.87. The summed E-state index contributed by atoms with van der Waals surface area (Å²) >= 11 is 6.19. The molecule has 1 fully saturated rings. The first-order valence-corrected chi connectivity index (χ1v) is 7.71. The van der Waals surface area contributed by atoms with Crippen LogP contribution in [0, 0.1) is 6.92 Å². The molecule has 1 aliphatic rings. The average Bonchev–Trinajstić information content (AvgIpc) is 2.42. The zero-order chi connectivity index (χ0) is 13.5. The van der Waals surface area contributed by atoms with Crippen LogP contribution in [0.4, 0.5) is 0 Å². The van der Waals surface area contributed by atoms with Gasteiger partial charge in [0.1, 0.15) is 0 Å². The molecule has 19 heavy (non-hydrogen) atoms. The Morgan fingerprint density at radius 2 is 2.05 bits per heavy atom. The number of halogens is 1. The number of hydrogen-bond donors (Lipinski definition) is 1. The minimum Gasteiger partial charge on any atom is -0.377 e. The van der Waals surface area contributed by atoms with Crippen LogP contribution in [0.3, 0.4) is 0 Å². The monoisotopic (exact) mass is 281 g/mol. The molecule has 0 saturated heterocycles. The normalized spacial score (nSPS) is 16.7. The second kappa shape index (κ2) is 7.88. The molecule has 0 amide bonds. The molecule has 1 aromatic rings. The number of nitrogens with one attached hydrogen (secondary N) is 1. The number of hydrogen-bond acceptors (Lipinski definition) is 2. The van der Waals surface area contributed by atoms with Crippen molar-refractivity contribution >= 4 is 11.6 Å². The Kier molecular flexibility index (Phi) is 6.15. The Morgan fingerprint density at radius 3 is 2.79 bits per heavy atom. The second-order valence-electron chi connectivity index (χ2n) is 5.40. The highest BCUT2D eigenvalue weighted by atomic mass is 35.5. The lowest BCUT2D eigenvalue weighted by Crippen LogP contribution is -2.24. The van der Waals surface area contributed by atoms with Crippen molar-refractivity contribution in [1.82, 2.24) is 5.32 Å². The molecule has 2 nitrogen and oxygen atoms in total. The van der Waals surface area contributed by atoms with Crippen molar-refractivity contribution in [2.24, 2.45) is 0 Å². The Balaban J connectivity index is 1.61.